The number of rotatable bonds is 9. The first-order valence-corrected chi connectivity index (χ1v) is 10.5. The number of nitrogens with one attached hydrogen (secondary N) is 2. The van der Waals surface area contributed by atoms with E-state index in [0.717, 1.165) is 11.1 Å². The fourth-order valence-electron chi connectivity index (χ4n) is 3.37. The van der Waals surface area contributed by atoms with E-state index in [1.165, 1.54) is 19.2 Å². The van der Waals surface area contributed by atoms with Gasteiger partial charge in [0.1, 0.15) is 17.8 Å². The van der Waals surface area contributed by atoms with Crippen LogP contribution in [0.15, 0.2) is 84.9 Å². The molecule has 3 aromatic rings. The van der Waals surface area contributed by atoms with Crippen molar-refractivity contribution in [2.75, 3.05) is 7.11 Å². The summed E-state index contributed by atoms with van der Waals surface area (Å²) in [6.45, 7) is 0. The lowest BCUT2D eigenvalue weighted by molar-refractivity contribution is -0.145. The number of carbonyl (C=O) groups is 3. The van der Waals surface area contributed by atoms with E-state index in [9.17, 15) is 19.5 Å². The molecule has 0 saturated carbocycles. The summed E-state index contributed by atoms with van der Waals surface area (Å²) in [5.74, 6) is -1.40. The quantitative estimate of drug-likeness (QED) is 0.439. The molecule has 3 aromatic carbocycles. The summed E-state index contributed by atoms with van der Waals surface area (Å²) >= 11 is 0. The molecular formula is C26H26N2O5. The monoisotopic (exact) mass is 446 g/mol. The third kappa shape index (κ3) is 6.93. The smallest absolute Gasteiger partial charge is 0.328 e. The summed E-state index contributed by atoms with van der Waals surface area (Å²) in [7, 11) is 1.25. The number of phenolic OH excluding ortho intramolecular Hbond substituents is 1. The Bertz CT molecular complexity index is 1070. The second kappa shape index (κ2) is 11.5. The fourth-order valence-corrected chi connectivity index (χ4v) is 3.37. The molecule has 2 amide bonds. The summed E-state index contributed by atoms with van der Waals surface area (Å²) in [6.07, 6.45) is 0.418. The van der Waals surface area contributed by atoms with Gasteiger partial charge in [0.25, 0.3) is 5.91 Å². The minimum absolute atomic E-state index is 0.101. The molecule has 0 saturated heterocycles. The van der Waals surface area contributed by atoms with Crippen LogP contribution in [-0.4, -0.2) is 42.1 Å². The van der Waals surface area contributed by atoms with E-state index < -0.39 is 24.0 Å². The predicted molar refractivity (Wildman–Crippen MR) is 124 cm³/mol. The zero-order valence-corrected chi connectivity index (χ0v) is 18.2. The SMILES string of the molecule is COC(=O)[C@@H](Cc1ccc(O)cc1)NC(=O)[C@H](Cc1ccccc1)NC(=O)c1ccccc1. The zero-order valence-electron chi connectivity index (χ0n) is 18.2. The molecular weight excluding hydrogens is 420 g/mol. The van der Waals surface area contributed by atoms with Gasteiger partial charge in [-0.15, -0.1) is 0 Å². The zero-order chi connectivity index (χ0) is 23.6. The third-order valence-electron chi connectivity index (χ3n) is 5.12. The Balaban J connectivity index is 1.79. The molecule has 2 atom stereocenters. The standard InChI is InChI=1S/C26H26N2O5/c1-33-26(32)23(17-19-12-14-21(29)15-13-19)28-25(31)22(16-18-8-4-2-5-9-18)27-24(30)20-10-6-3-7-11-20/h2-15,22-23,29H,16-17H2,1H3,(H,27,30)(H,28,31)/t22-,23+/m0/s1. The Morgan fingerprint density at radius 1 is 0.758 bits per heavy atom. The summed E-state index contributed by atoms with van der Waals surface area (Å²) < 4.78 is 4.87. The average molecular weight is 447 g/mol. The first-order chi connectivity index (χ1) is 16.0. The van der Waals surface area contributed by atoms with E-state index in [4.69, 9.17) is 4.74 Å². The number of methoxy groups -OCH3 is 1. The number of carbonyl (C=O) groups excluding carboxylic acids is 3. The molecule has 0 radical (unpaired) electrons. The number of hydrogen-bond acceptors (Lipinski definition) is 5. The van der Waals surface area contributed by atoms with Crippen molar-refractivity contribution in [3.05, 3.63) is 102 Å². The Hall–Kier alpha value is -4.13. The van der Waals surface area contributed by atoms with E-state index in [0.29, 0.717) is 5.56 Å². The van der Waals surface area contributed by atoms with E-state index in [1.807, 2.05) is 30.3 Å². The minimum atomic E-state index is -0.959. The highest BCUT2D eigenvalue weighted by molar-refractivity contribution is 5.98. The number of hydrogen-bond donors (Lipinski definition) is 3. The lowest BCUT2D eigenvalue weighted by Crippen LogP contribution is -2.53. The predicted octanol–water partition coefficient (Wildman–Crippen LogP) is 2.63. The van der Waals surface area contributed by atoms with Crippen LogP contribution >= 0.6 is 0 Å². The van der Waals surface area contributed by atoms with Crippen molar-refractivity contribution in [1.82, 2.24) is 10.6 Å². The van der Waals surface area contributed by atoms with Gasteiger partial charge in [-0.3, -0.25) is 9.59 Å². The van der Waals surface area contributed by atoms with E-state index in [1.54, 1.807) is 42.5 Å². The average Bonchev–Trinajstić information content (AvgIpc) is 2.85. The summed E-state index contributed by atoms with van der Waals surface area (Å²) in [4.78, 5) is 38.3. The first-order valence-electron chi connectivity index (χ1n) is 10.5. The van der Waals surface area contributed by atoms with Crippen molar-refractivity contribution < 1.29 is 24.2 Å². The summed E-state index contributed by atoms with van der Waals surface area (Å²) in [6, 6.07) is 22.4. The number of amides is 2. The van der Waals surface area contributed by atoms with Gasteiger partial charge in [-0.25, -0.2) is 4.79 Å². The maximum atomic E-state index is 13.2. The largest absolute Gasteiger partial charge is 0.508 e. The number of aromatic hydroxyl groups is 1. The normalized spacial score (nSPS) is 12.3. The molecule has 0 aliphatic rings. The molecule has 0 bridgehead atoms. The van der Waals surface area contributed by atoms with Gasteiger partial charge in [0, 0.05) is 18.4 Å². The van der Waals surface area contributed by atoms with Gasteiger partial charge in [0.15, 0.2) is 0 Å². The highest BCUT2D eigenvalue weighted by atomic mass is 16.5. The Kier molecular flexibility index (Phi) is 8.18. The molecule has 7 heteroatoms. The molecule has 3 N–H and O–H groups in total. The molecule has 0 fully saturated rings. The highest BCUT2D eigenvalue weighted by Crippen LogP contribution is 2.13. The van der Waals surface area contributed by atoms with Crippen molar-refractivity contribution >= 4 is 17.8 Å². The van der Waals surface area contributed by atoms with Crippen molar-refractivity contribution in [3.8, 4) is 5.75 Å². The Morgan fingerprint density at radius 2 is 1.30 bits per heavy atom. The maximum Gasteiger partial charge on any atom is 0.328 e. The van der Waals surface area contributed by atoms with Crippen LogP contribution in [0.2, 0.25) is 0 Å². The van der Waals surface area contributed by atoms with Crippen LogP contribution in [0.5, 0.6) is 5.75 Å². The Labute approximate surface area is 192 Å². The van der Waals surface area contributed by atoms with Crippen LogP contribution < -0.4 is 10.6 Å². The van der Waals surface area contributed by atoms with Crippen LogP contribution in [0, 0.1) is 0 Å². The van der Waals surface area contributed by atoms with Crippen molar-refractivity contribution in [1.29, 1.82) is 0 Å². The summed E-state index contributed by atoms with van der Waals surface area (Å²) in [5.41, 5.74) is 2.02. The van der Waals surface area contributed by atoms with Crippen LogP contribution in [0.3, 0.4) is 0 Å². The highest BCUT2D eigenvalue weighted by Gasteiger charge is 2.28. The molecule has 33 heavy (non-hydrogen) atoms. The van der Waals surface area contributed by atoms with E-state index in [-0.39, 0.29) is 24.5 Å². The van der Waals surface area contributed by atoms with Gasteiger partial charge < -0.3 is 20.5 Å². The van der Waals surface area contributed by atoms with Crippen molar-refractivity contribution in [2.24, 2.45) is 0 Å². The van der Waals surface area contributed by atoms with Crippen LogP contribution in [0.25, 0.3) is 0 Å². The van der Waals surface area contributed by atoms with E-state index >= 15 is 0 Å². The molecule has 0 aliphatic heterocycles. The van der Waals surface area contributed by atoms with Gasteiger partial charge >= 0.3 is 5.97 Å². The molecule has 0 spiro atoms. The molecule has 3 rings (SSSR count). The molecule has 0 aromatic heterocycles. The molecule has 170 valence electrons. The second-order valence-electron chi connectivity index (χ2n) is 7.54. The molecule has 0 heterocycles. The van der Waals surface area contributed by atoms with Crippen molar-refractivity contribution in [3.63, 3.8) is 0 Å². The minimum Gasteiger partial charge on any atom is -0.508 e. The fraction of sp³-hybridized carbons (Fsp3) is 0.192. The maximum absolute atomic E-state index is 13.2. The molecule has 0 aliphatic carbocycles. The van der Waals surface area contributed by atoms with Gasteiger partial charge in [-0.2, -0.15) is 0 Å². The van der Waals surface area contributed by atoms with E-state index in [2.05, 4.69) is 10.6 Å². The van der Waals surface area contributed by atoms with Crippen LogP contribution in [0.1, 0.15) is 21.5 Å². The number of esters is 1. The third-order valence-corrected chi connectivity index (χ3v) is 5.12. The topological polar surface area (TPSA) is 105 Å². The lowest BCUT2D eigenvalue weighted by atomic mass is 10.0. The summed E-state index contributed by atoms with van der Waals surface area (Å²) in [5, 5.41) is 15.0. The molecule has 0 unspecified atom stereocenters. The van der Waals surface area contributed by atoms with Gasteiger partial charge in [-0.05, 0) is 35.4 Å². The van der Waals surface area contributed by atoms with Crippen LogP contribution in [-0.2, 0) is 27.2 Å². The second-order valence-corrected chi connectivity index (χ2v) is 7.54. The molecule has 7 nitrogen and oxygen atoms in total. The number of phenols is 1. The first kappa shape index (κ1) is 23.5. The lowest BCUT2D eigenvalue weighted by Gasteiger charge is -2.22. The van der Waals surface area contributed by atoms with Gasteiger partial charge in [-0.1, -0.05) is 60.7 Å². The Morgan fingerprint density at radius 3 is 1.91 bits per heavy atom. The number of ether oxygens (including phenoxy) is 1. The number of benzene rings is 3. The van der Waals surface area contributed by atoms with Gasteiger partial charge in [0.05, 0.1) is 7.11 Å². The van der Waals surface area contributed by atoms with Gasteiger partial charge in [0.2, 0.25) is 5.91 Å². The van der Waals surface area contributed by atoms with Crippen LogP contribution in [0.4, 0.5) is 0 Å². The van der Waals surface area contributed by atoms with Crippen molar-refractivity contribution in [2.45, 2.75) is 24.9 Å².